The first-order valence-corrected chi connectivity index (χ1v) is 15.3. The van der Waals surface area contributed by atoms with E-state index in [9.17, 15) is 14.3 Å². The number of aromatic nitrogens is 3. The minimum atomic E-state index is -1.09. The van der Waals surface area contributed by atoms with E-state index in [1.165, 1.54) is 6.07 Å². The zero-order valence-corrected chi connectivity index (χ0v) is 25.0. The third-order valence-electron chi connectivity index (χ3n) is 8.99. The number of carboxylic acids is 1. The molecule has 43 heavy (non-hydrogen) atoms. The van der Waals surface area contributed by atoms with Crippen molar-refractivity contribution in [1.29, 1.82) is 0 Å². The number of pyridine rings is 1. The number of hydrogen-bond donors (Lipinski definition) is 1. The van der Waals surface area contributed by atoms with Crippen LogP contribution in [-0.2, 0) is 13.1 Å². The molecular weight excluding hydrogens is 594 g/mol. The van der Waals surface area contributed by atoms with Crippen LogP contribution in [0.1, 0.15) is 65.1 Å². The van der Waals surface area contributed by atoms with Crippen molar-refractivity contribution in [1.82, 2.24) is 19.4 Å². The standard InChI is InChI=1S/C32H31Cl2FN4O4/c33-20-4-5-22(23(34)14-20)27-16-42-26-3-1-2-21(29(26)43-27)19-8-12-38(13-9-19)15-28-36-24-6-7-25(31(40)41)37-30(24)39(28)18-32(17-35)10-11-32/h1-7,14,19,27H,8-13,15-18H2,(H,40,41)/t27-/m1/s1. The molecule has 1 saturated carbocycles. The lowest BCUT2D eigenvalue weighted by atomic mass is 9.88. The first-order chi connectivity index (χ1) is 20.8. The third-order valence-corrected chi connectivity index (χ3v) is 9.55. The lowest BCUT2D eigenvalue weighted by molar-refractivity contribution is 0.0691. The zero-order chi connectivity index (χ0) is 29.7. The van der Waals surface area contributed by atoms with Crippen LogP contribution in [0.3, 0.4) is 0 Å². The highest BCUT2D eigenvalue weighted by atomic mass is 35.5. The molecule has 8 nitrogen and oxygen atoms in total. The van der Waals surface area contributed by atoms with E-state index in [2.05, 4.69) is 16.0 Å². The molecule has 0 amide bonds. The summed E-state index contributed by atoms with van der Waals surface area (Å²) in [6.07, 6.45) is 3.13. The Morgan fingerprint density at radius 3 is 2.60 bits per heavy atom. The van der Waals surface area contributed by atoms with Crippen LogP contribution in [0.5, 0.6) is 11.5 Å². The number of para-hydroxylation sites is 1. The topological polar surface area (TPSA) is 89.7 Å². The molecule has 1 aliphatic carbocycles. The second-order valence-electron chi connectivity index (χ2n) is 11.9. The van der Waals surface area contributed by atoms with Gasteiger partial charge in [-0.1, -0.05) is 41.4 Å². The molecule has 1 N–H and O–H groups in total. The molecule has 11 heteroatoms. The zero-order valence-electron chi connectivity index (χ0n) is 23.4. The fourth-order valence-corrected chi connectivity index (χ4v) is 6.78. The minimum absolute atomic E-state index is 0.0379. The quantitative estimate of drug-likeness (QED) is 0.224. The predicted octanol–water partition coefficient (Wildman–Crippen LogP) is 7.08. The summed E-state index contributed by atoms with van der Waals surface area (Å²) in [6.45, 7) is 2.67. The summed E-state index contributed by atoms with van der Waals surface area (Å²) in [4.78, 5) is 23.2. The summed E-state index contributed by atoms with van der Waals surface area (Å²) in [7, 11) is 0. The second kappa shape index (κ2) is 11.3. The number of likely N-dealkylation sites (tertiary alicyclic amines) is 1. The molecule has 4 aromatic rings. The Bertz CT molecular complexity index is 1700. The molecule has 7 rings (SSSR count). The van der Waals surface area contributed by atoms with Crippen LogP contribution >= 0.6 is 23.2 Å². The maximum Gasteiger partial charge on any atom is 0.354 e. The molecule has 1 saturated heterocycles. The molecule has 0 unspecified atom stereocenters. The Kier molecular flexibility index (Phi) is 7.43. The van der Waals surface area contributed by atoms with Gasteiger partial charge in [-0.3, -0.25) is 9.29 Å². The third kappa shape index (κ3) is 5.54. The number of carbonyl (C=O) groups is 1. The Morgan fingerprint density at radius 1 is 1.07 bits per heavy atom. The molecule has 3 aliphatic rings. The maximum atomic E-state index is 13.9. The van der Waals surface area contributed by atoms with E-state index >= 15 is 0 Å². The first-order valence-electron chi connectivity index (χ1n) is 14.6. The number of imidazole rings is 1. The molecule has 0 radical (unpaired) electrons. The number of piperidine rings is 1. The van der Waals surface area contributed by atoms with Crippen LogP contribution in [0.4, 0.5) is 4.39 Å². The normalized spacial score (nSPS) is 19.9. The predicted molar refractivity (Wildman–Crippen MR) is 161 cm³/mol. The van der Waals surface area contributed by atoms with Crippen LogP contribution in [-0.4, -0.2) is 56.9 Å². The molecule has 2 aliphatic heterocycles. The van der Waals surface area contributed by atoms with Crippen molar-refractivity contribution in [3.63, 3.8) is 0 Å². The van der Waals surface area contributed by atoms with Gasteiger partial charge in [0, 0.05) is 33.1 Å². The van der Waals surface area contributed by atoms with E-state index < -0.39 is 18.1 Å². The van der Waals surface area contributed by atoms with Gasteiger partial charge in [0.2, 0.25) is 0 Å². The molecule has 1 atom stereocenters. The van der Waals surface area contributed by atoms with Crippen LogP contribution in [0.25, 0.3) is 11.2 Å². The highest BCUT2D eigenvalue weighted by Crippen LogP contribution is 2.48. The number of alkyl halides is 1. The SMILES string of the molecule is O=C(O)c1ccc2nc(CN3CCC(c4cccc5c4O[C@@H](c4ccc(Cl)cc4Cl)CO5)CC3)n(CC3(CF)CC3)c2n1. The lowest BCUT2D eigenvalue weighted by Crippen LogP contribution is -2.34. The second-order valence-corrected chi connectivity index (χ2v) is 12.7. The van der Waals surface area contributed by atoms with Crippen LogP contribution in [0.15, 0.2) is 48.5 Å². The number of fused-ring (bicyclic) bond motifs is 2. The maximum absolute atomic E-state index is 13.9. The van der Waals surface area contributed by atoms with Gasteiger partial charge in [0.25, 0.3) is 0 Å². The number of carboxylic acid groups (broad SMARTS) is 1. The van der Waals surface area contributed by atoms with Crippen molar-refractivity contribution in [3.05, 3.63) is 81.2 Å². The van der Waals surface area contributed by atoms with Crippen LogP contribution in [0, 0.1) is 5.41 Å². The minimum Gasteiger partial charge on any atom is -0.485 e. The van der Waals surface area contributed by atoms with E-state index in [0.29, 0.717) is 40.9 Å². The molecule has 4 heterocycles. The summed E-state index contributed by atoms with van der Waals surface area (Å²) >= 11 is 12.6. The van der Waals surface area contributed by atoms with E-state index in [0.717, 1.165) is 67.2 Å². The number of nitrogens with zero attached hydrogens (tertiary/aromatic N) is 4. The average Bonchev–Trinajstić information content (AvgIpc) is 3.72. The Morgan fingerprint density at radius 2 is 1.88 bits per heavy atom. The number of benzene rings is 2. The average molecular weight is 626 g/mol. The number of hydrogen-bond acceptors (Lipinski definition) is 6. The van der Waals surface area contributed by atoms with E-state index in [-0.39, 0.29) is 17.7 Å². The van der Waals surface area contributed by atoms with Crippen LogP contribution in [0.2, 0.25) is 10.0 Å². The van der Waals surface area contributed by atoms with E-state index in [4.69, 9.17) is 37.7 Å². The van der Waals surface area contributed by atoms with Gasteiger partial charge in [-0.2, -0.15) is 0 Å². The van der Waals surface area contributed by atoms with Crippen molar-refractivity contribution in [3.8, 4) is 11.5 Å². The van der Waals surface area contributed by atoms with E-state index in [1.807, 2.05) is 22.8 Å². The molecule has 2 aromatic heterocycles. The summed E-state index contributed by atoms with van der Waals surface area (Å²) in [5.74, 6) is 1.50. The monoisotopic (exact) mass is 624 g/mol. The highest BCUT2D eigenvalue weighted by Gasteiger charge is 2.44. The first kappa shape index (κ1) is 28.4. The fraction of sp³-hybridized carbons (Fsp3) is 0.406. The Labute approximate surface area is 258 Å². The van der Waals surface area contributed by atoms with Crippen molar-refractivity contribution in [2.45, 2.75) is 50.8 Å². The van der Waals surface area contributed by atoms with Gasteiger partial charge in [0.05, 0.1) is 13.2 Å². The summed E-state index contributed by atoms with van der Waals surface area (Å²) in [5.41, 5.74) is 2.67. The molecule has 0 spiro atoms. The van der Waals surface area contributed by atoms with Crippen molar-refractivity contribution < 1.29 is 23.8 Å². The van der Waals surface area contributed by atoms with Gasteiger partial charge >= 0.3 is 5.97 Å². The van der Waals surface area contributed by atoms with Gasteiger partial charge in [0.15, 0.2) is 28.9 Å². The van der Waals surface area contributed by atoms with E-state index in [1.54, 1.807) is 18.2 Å². The summed E-state index contributed by atoms with van der Waals surface area (Å²) < 4.78 is 28.5. The lowest BCUT2D eigenvalue weighted by Gasteiger charge is -2.35. The van der Waals surface area contributed by atoms with Gasteiger partial charge in [0.1, 0.15) is 17.9 Å². The molecular formula is C32H31Cl2FN4O4. The van der Waals surface area contributed by atoms with Gasteiger partial charge in [-0.15, -0.1) is 0 Å². The number of halogens is 3. The molecule has 0 bridgehead atoms. The largest absolute Gasteiger partial charge is 0.485 e. The number of aromatic carboxylic acids is 1. The van der Waals surface area contributed by atoms with Crippen LogP contribution < -0.4 is 9.47 Å². The molecule has 224 valence electrons. The molecule has 2 fully saturated rings. The van der Waals surface area contributed by atoms with Gasteiger partial charge in [-0.05, 0) is 75.0 Å². The molecule has 2 aromatic carbocycles. The Balaban J connectivity index is 1.09. The fourth-order valence-electron chi connectivity index (χ4n) is 6.25. The highest BCUT2D eigenvalue weighted by molar-refractivity contribution is 6.35. The van der Waals surface area contributed by atoms with Crippen molar-refractivity contribution >= 4 is 40.3 Å². The van der Waals surface area contributed by atoms with Gasteiger partial charge in [-0.25, -0.2) is 14.8 Å². The Hall–Kier alpha value is -3.40. The van der Waals surface area contributed by atoms with Gasteiger partial charge < -0.3 is 19.1 Å². The summed E-state index contributed by atoms with van der Waals surface area (Å²) in [6, 6.07) is 14.6. The number of ether oxygens (including phenoxy) is 2. The summed E-state index contributed by atoms with van der Waals surface area (Å²) in [5, 5.41) is 10.6. The number of rotatable bonds is 8. The van der Waals surface area contributed by atoms with Crippen molar-refractivity contribution in [2.24, 2.45) is 5.41 Å². The smallest absolute Gasteiger partial charge is 0.354 e. The van der Waals surface area contributed by atoms with Crippen molar-refractivity contribution in [2.75, 3.05) is 26.4 Å².